The van der Waals surface area contributed by atoms with Gasteiger partial charge in [-0.05, 0) is 46.9 Å². The van der Waals surface area contributed by atoms with Gasteiger partial charge in [-0.25, -0.2) is 4.98 Å². The number of nitrogens with one attached hydrogen (secondary N) is 1. The minimum absolute atomic E-state index is 0.183. The summed E-state index contributed by atoms with van der Waals surface area (Å²) in [6, 6.07) is 8.48. The predicted molar refractivity (Wildman–Crippen MR) is 85.5 cm³/mol. The molecule has 0 aliphatic heterocycles. The van der Waals surface area contributed by atoms with E-state index in [1.807, 2.05) is 33.0 Å². The molecular formula is C16H22N2OS. The van der Waals surface area contributed by atoms with Crippen LogP contribution in [0.3, 0.4) is 0 Å². The van der Waals surface area contributed by atoms with E-state index >= 15 is 0 Å². The molecule has 1 atom stereocenters. The molecule has 1 heterocycles. The highest BCUT2D eigenvalue weighted by Crippen LogP contribution is 2.33. The van der Waals surface area contributed by atoms with Crippen LogP contribution in [0.15, 0.2) is 24.3 Å². The third-order valence-electron chi connectivity index (χ3n) is 3.11. The van der Waals surface area contributed by atoms with Gasteiger partial charge in [0.1, 0.15) is 10.8 Å². The molecule has 1 N–H and O–H groups in total. The molecule has 4 heteroatoms. The highest BCUT2D eigenvalue weighted by atomic mass is 32.1. The second-order valence-corrected chi connectivity index (χ2v) is 6.20. The minimum Gasteiger partial charge on any atom is -0.491 e. The highest BCUT2D eigenvalue weighted by Gasteiger charge is 2.14. The van der Waals surface area contributed by atoms with Crippen molar-refractivity contribution >= 4 is 11.3 Å². The van der Waals surface area contributed by atoms with E-state index in [1.165, 1.54) is 4.88 Å². The number of aromatic nitrogens is 1. The van der Waals surface area contributed by atoms with Crippen molar-refractivity contribution < 1.29 is 4.74 Å². The lowest BCUT2D eigenvalue weighted by molar-refractivity contribution is 0.242. The van der Waals surface area contributed by atoms with Crippen LogP contribution in [0.4, 0.5) is 0 Å². The first kappa shape index (κ1) is 15.0. The zero-order valence-electron chi connectivity index (χ0n) is 12.7. The molecule has 0 bridgehead atoms. The normalized spacial score (nSPS) is 12.7. The van der Waals surface area contributed by atoms with E-state index in [0.717, 1.165) is 22.0 Å². The van der Waals surface area contributed by atoms with Gasteiger partial charge in [0, 0.05) is 16.5 Å². The van der Waals surface area contributed by atoms with Gasteiger partial charge in [-0.1, -0.05) is 12.1 Å². The van der Waals surface area contributed by atoms with Crippen LogP contribution >= 0.6 is 11.3 Å². The number of rotatable bonds is 5. The van der Waals surface area contributed by atoms with Crippen molar-refractivity contribution in [3.05, 3.63) is 34.8 Å². The predicted octanol–water partition coefficient (Wildman–Crippen LogP) is 4.19. The van der Waals surface area contributed by atoms with Crippen LogP contribution in [0.1, 0.15) is 37.4 Å². The first-order valence-electron chi connectivity index (χ1n) is 6.93. The van der Waals surface area contributed by atoms with E-state index in [0.29, 0.717) is 6.04 Å². The number of nitrogens with zero attached hydrogens (tertiary/aromatic N) is 1. The van der Waals surface area contributed by atoms with E-state index in [2.05, 4.69) is 31.3 Å². The lowest BCUT2D eigenvalue weighted by Gasteiger charge is -2.10. The zero-order valence-corrected chi connectivity index (χ0v) is 13.5. The SMILES string of the molecule is CNC(C)c1sc(-c2cccc(OC(C)C)c2)nc1C. The molecule has 0 radical (unpaired) electrons. The van der Waals surface area contributed by atoms with Gasteiger partial charge < -0.3 is 10.1 Å². The Balaban J connectivity index is 2.32. The quantitative estimate of drug-likeness (QED) is 0.896. The zero-order chi connectivity index (χ0) is 14.7. The molecule has 0 amide bonds. The Morgan fingerprint density at radius 1 is 1.25 bits per heavy atom. The second-order valence-electron chi connectivity index (χ2n) is 5.17. The summed E-state index contributed by atoms with van der Waals surface area (Å²) >= 11 is 1.74. The molecule has 20 heavy (non-hydrogen) atoms. The highest BCUT2D eigenvalue weighted by molar-refractivity contribution is 7.15. The molecule has 0 saturated heterocycles. The number of ether oxygens (including phenoxy) is 1. The van der Waals surface area contributed by atoms with Crippen molar-refractivity contribution in [2.75, 3.05) is 7.05 Å². The van der Waals surface area contributed by atoms with E-state index in [9.17, 15) is 0 Å². The van der Waals surface area contributed by atoms with Crippen LogP contribution in [-0.4, -0.2) is 18.1 Å². The van der Waals surface area contributed by atoms with Gasteiger partial charge in [0.15, 0.2) is 0 Å². The monoisotopic (exact) mass is 290 g/mol. The molecule has 3 nitrogen and oxygen atoms in total. The van der Waals surface area contributed by atoms with Gasteiger partial charge in [0.2, 0.25) is 0 Å². The van der Waals surface area contributed by atoms with E-state index in [-0.39, 0.29) is 6.10 Å². The first-order chi connectivity index (χ1) is 9.51. The molecule has 0 aliphatic carbocycles. The average Bonchev–Trinajstić information content (AvgIpc) is 2.79. The maximum atomic E-state index is 5.75. The number of thiazole rings is 1. The molecule has 2 aromatic rings. The Kier molecular flexibility index (Phi) is 4.78. The van der Waals surface area contributed by atoms with Crippen LogP contribution in [0, 0.1) is 6.92 Å². The topological polar surface area (TPSA) is 34.1 Å². The fourth-order valence-electron chi connectivity index (χ4n) is 2.04. The lowest BCUT2D eigenvalue weighted by atomic mass is 10.2. The van der Waals surface area contributed by atoms with Gasteiger partial charge in [0.05, 0.1) is 11.8 Å². The summed E-state index contributed by atoms with van der Waals surface area (Å²) in [5, 5.41) is 4.32. The van der Waals surface area contributed by atoms with Gasteiger partial charge in [-0.3, -0.25) is 0 Å². The maximum Gasteiger partial charge on any atom is 0.124 e. The molecule has 0 spiro atoms. The number of aryl methyl sites for hydroxylation is 1. The molecular weight excluding hydrogens is 268 g/mol. The molecule has 0 saturated carbocycles. The average molecular weight is 290 g/mol. The summed E-state index contributed by atoms with van der Waals surface area (Å²) in [5.74, 6) is 0.897. The fourth-order valence-corrected chi connectivity index (χ4v) is 3.16. The van der Waals surface area contributed by atoms with Gasteiger partial charge in [-0.15, -0.1) is 11.3 Å². The van der Waals surface area contributed by atoms with Crippen LogP contribution in [0.5, 0.6) is 5.75 Å². The lowest BCUT2D eigenvalue weighted by Crippen LogP contribution is -2.11. The van der Waals surface area contributed by atoms with Crippen molar-refractivity contribution in [3.63, 3.8) is 0 Å². The summed E-state index contributed by atoms with van der Waals surface area (Å²) in [7, 11) is 1.97. The van der Waals surface area contributed by atoms with Crippen molar-refractivity contribution in [1.29, 1.82) is 0 Å². The van der Waals surface area contributed by atoms with E-state index in [1.54, 1.807) is 11.3 Å². The van der Waals surface area contributed by atoms with Crippen molar-refractivity contribution in [2.45, 2.75) is 39.8 Å². The van der Waals surface area contributed by atoms with Gasteiger partial charge >= 0.3 is 0 Å². The number of hydrogen-bond acceptors (Lipinski definition) is 4. The second kappa shape index (κ2) is 6.37. The standard InChI is InChI=1S/C16H22N2OS/c1-10(2)19-14-8-6-7-13(9-14)16-18-12(4)15(20-16)11(3)17-5/h6-11,17H,1-5H3. The minimum atomic E-state index is 0.183. The van der Waals surface area contributed by atoms with Crippen LogP contribution < -0.4 is 10.1 Å². The molecule has 2 rings (SSSR count). The van der Waals surface area contributed by atoms with Crippen LogP contribution in [-0.2, 0) is 0 Å². The Hall–Kier alpha value is -1.39. The first-order valence-corrected chi connectivity index (χ1v) is 7.74. The summed E-state index contributed by atoms with van der Waals surface area (Å²) in [6.45, 7) is 8.29. The van der Waals surface area contributed by atoms with E-state index < -0.39 is 0 Å². The third kappa shape index (κ3) is 3.38. The van der Waals surface area contributed by atoms with Gasteiger partial charge in [-0.2, -0.15) is 0 Å². The van der Waals surface area contributed by atoms with E-state index in [4.69, 9.17) is 9.72 Å². The molecule has 108 valence electrons. The Morgan fingerprint density at radius 3 is 2.65 bits per heavy atom. The largest absolute Gasteiger partial charge is 0.491 e. The van der Waals surface area contributed by atoms with Crippen LogP contribution in [0.2, 0.25) is 0 Å². The van der Waals surface area contributed by atoms with Crippen molar-refractivity contribution in [3.8, 4) is 16.3 Å². The summed E-state index contributed by atoms with van der Waals surface area (Å²) in [5.41, 5.74) is 2.22. The Labute approximate surface area is 125 Å². The van der Waals surface area contributed by atoms with Crippen molar-refractivity contribution in [1.82, 2.24) is 10.3 Å². The molecule has 0 fully saturated rings. The Morgan fingerprint density at radius 2 is 2.00 bits per heavy atom. The summed E-state index contributed by atoms with van der Waals surface area (Å²) in [6.07, 6.45) is 0.183. The maximum absolute atomic E-state index is 5.75. The van der Waals surface area contributed by atoms with Crippen LogP contribution in [0.25, 0.3) is 10.6 Å². The van der Waals surface area contributed by atoms with Crippen molar-refractivity contribution in [2.24, 2.45) is 0 Å². The summed E-state index contributed by atoms with van der Waals surface area (Å²) < 4.78 is 5.75. The molecule has 1 unspecified atom stereocenters. The third-order valence-corrected chi connectivity index (χ3v) is 4.50. The smallest absolute Gasteiger partial charge is 0.124 e. The number of hydrogen-bond donors (Lipinski definition) is 1. The summed E-state index contributed by atoms with van der Waals surface area (Å²) in [4.78, 5) is 5.98. The molecule has 1 aromatic carbocycles. The molecule has 1 aromatic heterocycles. The molecule has 0 aliphatic rings. The Bertz CT molecular complexity index is 578. The fraction of sp³-hybridized carbons (Fsp3) is 0.438. The van der Waals surface area contributed by atoms with Gasteiger partial charge in [0.25, 0.3) is 0 Å². The number of benzene rings is 1.